The fourth-order valence-electron chi connectivity index (χ4n) is 4.79. The Morgan fingerprint density at radius 1 is 1.08 bits per heavy atom. The number of anilines is 2. The Morgan fingerprint density at radius 2 is 1.73 bits per heavy atom. The van der Waals surface area contributed by atoms with Gasteiger partial charge in [0.15, 0.2) is 0 Å². The summed E-state index contributed by atoms with van der Waals surface area (Å²) in [6, 6.07) is 3.57. The van der Waals surface area contributed by atoms with E-state index in [9.17, 15) is 37.5 Å². The first-order chi connectivity index (χ1) is 23.5. The molecule has 1 aromatic heterocycles. The monoisotopic (exact) mass is 739 g/mol. The number of halogens is 3. The maximum atomic E-state index is 14.3. The highest BCUT2D eigenvalue weighted by Crippen LogP contribution is 2.41. The SMILES string of the molecule is C=CC[C@H](NC(=O)OC(C)(C)C)c1nc(-c2ccc(NC(=O)OC)cc2N(C(=O)C(F)(F)F)[C@](C)(CC=C)C(=O)O)cn1COCC[Si](C)(C)C. The van der Waals surface area contributed by atoms with Gasteiger partial charge in [0.25, 0.3) is 0 Å². The molecule has 13 nitrogen and oxygen atoms in total. The van der Waals surface area contributed by atoms with Crippen LogP contribution in [0.2, 0.25) is 25.7 Å². The first-order valence-electron chi connectivity index (χ1n) is 16.0. The first kappa shape index (κ1) is 42.5. The fraction of sp³-hybridized carbons (Fsp3) is 0.500. The molecule has 2 atom stereocenters. The van der Waals surface area contributed by atoms with Crippen molar-refractivity contribution in [3.05, 3.63) is 55.5 Å². The second-order valence-electron chi connectivity index (χ2n) is 14.1. The summed E-state index contributed by atoms with van der Waals surface area (Å²) in [4.78, 5) is 55.6. The standard InChI is InChI=1S/C34H48F3N5O8Si/c1-11-13-24(40-31(47)50-32(3,4)5)27-39-25(20-41(27)21-49-17-18-51(8,9)10)23-15-14-22(38-30(46)48-7)19-26(23)42(28(43)34(35,36)37)33(6,16-12-2)29(44)45/h11-12,14-15,19-20,24H,1-2,13,16-18,21H2,3-10H3,(H,38,46)(H,40,47)(H,44,45)/t24-,33+/m0/s1. The van der Waals surface area contributed by atoms with Gasteiger partial charge in [0, 0.05) is 32.1 Å². The summed E-state index contributed by atoms with van der Waals surface area (Å²) in [5.74, 6) is -4.05. The number of amides is 3. The quantitative estimate of drug-likeness (QED) is 0.0900. The van der Waals surface area contributed by atoms with Crippen molar-refractivity contribution in [2.75, 3.05) is 23.9 Å². The molecule has 0 bridgehead atoms. The van der Waals surface area contributed by atoms with E-state index >= 15 is 0 Å². The average Bonchev–Trinajstić information content (AvgIpc) is 3.41. The van der Waals surface area contributed by atoms with Crippen LogP contribution in [0.5, 0.6) is 0 Å². The number of methoxy groups -OCH3 is 1. The van der Waals surface area contributed by atoms with E-state index < -0.39 is 67.6 Å². The van der Waals surface area contributed by atoms with Crippen LogP contribution in [0.25, 0.3) is 11.3 Å². The molecule has 51 heavy (non-hydrogen) atoms. The predicted molar refractivity (Wildman–Crippen MR) is 189 cm³/mol. The highest BCUT2D eigenvalue weighted by molar-refractivity contribution is 6.76. The van der Waals surface area contributed by atoms with Crippen LogP contribution in [0.3, 0.4) is 0 Å². The molecule has 1 aromatic carbocycles. The number of alkyl halides is 3. The van der Waals surface area contributed by atoms with E-state index in [4.69, 9.17) is 14.5 Å². The minimum absolute atomic E-state index is 0.00946. The molecule has 0 spiro atoms. The lowest BCUT2D eigenvalue weighted by Gasteiger charge is -2.38. The normalized spacial score (nSPS) is 13.7. The van der Waals surface area contributed by atoms with Crippen LogP contribution in [0.4, 0.5) is 34.1 Å². The van der Waals surface area contributed by atoms with Crippen LogP contribution in [0.1, 0.15) is 52.4 Å². The van der Waals surface area contributed by atoms with Gasteiger partial charge in [0.1, 0.15) is 23.7 Å². The molecule has 0 aliphatic heterocycles. The van der Waals surface area contributed by atoms with Gasteiger partial charge in [-0.15, -0.1) is 13.2 Å². The number of ether oxygens (including phenoxy) is 3. The van der Waals surface area contributed by atoms with Crippen LogP contribution in [0.15, 0.2) is 49.7 Å². The summed E-state index contributed by atoms with van der Waals surface area (Å²) in [5, 5.41) is 15.3. The highest BCUT2D eigenvalue weighted by atomic mass is 28.3. The summed E-state index contributed by atoms with van der Waals surface area (Å²) >= 11 is 0. The van der Waals surface area contributed by atoms with Gasteiger partial charge in [0.05, 0.1) is 24.5 Å². The third-order valence-electron chi connectivity index (χ3n) is 7.33. The van der Waals surface area contributed by atoms with Crippen LogP contribution < -0.4 is 15.5 Å². The number of aromatic nitrogens is 2. The molecule has 2 rings (SSSR count). The van der Waals surface area contributed by atoms with Crippen molar-refractivity contribution in [1.29, 1.82) is 0 Å². The van der Waals surface area contributed by atoms with Gasteiger partial charge >= 0.3 is 30.2 Å². The number of alkyl carbamates (subject to hydrolysis) is 1. The molecule has 3 N–H and O–H groups in total. The van der Waals surface area contributed by atoms with Crippen molar-refractivity contribution in [1.82, 2.24) is 14.9 Å². The number of carboxylic acids is 1. The summed E-state index contributed by atoms with van der Waals surface area (Å²) in [6.45, 7) is 20.1. The molecule has 0 saturated carbocycles. The van der Waals surface area contributed by atoms with E-state index in [0.29, 0.717) is 6.61 Å². The summed E-state index contributed by atoms with van der Waals surface area (Å²) in [6.07, 6.45) is -3.66. The van der Waals surface area contributed by atoms with Crippen LogP contribution in [-0.2, 0) is 30.5 Å². The van der Waals surface area contributed by atoms with Gasteiger partial charge in [-0.2, -0.15) is 13.2 Å². The molecular weight excluding hydrogens is 691 g/mol. The number of hydrogen-bond acceptors (Lipinski definition) is 8. The van der Waals surface area contributed by atoms with Gasteiger partial charge in [-0.25, -0.2) is 19.4 Å². The van der Waals surface area contributed by atoms with Crippen LogP contribution in [0, 0.1) is 0 Å². The first-order valence-corrected chi connectivity index (χ1v) is 19.7. The maximum absolute atomic E-state index is 14.3. The van der Waals surface area contributed by atoms with Crippen LogP contribution in [-0.4, -0.2) is 77.8 Å². The van der Waals surface area contributed by atoms with E-state index in [1.807, 2.05) is 0 Å². The Kier molecular flexibility index (Phi) is 14.2. The zero-order chi connectivity index (χ0) is 38.9. The lowest BCUT2D eigenvalue weighted by Crippen LogP contribution is -2.59. The smallest absolute Gasteiger partial charge is 0.471 e. The molecule has 0 aliphatic carbocycles. The topological polar surface area (TPSA) is 161 Å². The molecule has 0 unspecified atom stereocenters. The number of imidazole rings is 1. The number of hydrogen-bond donors (Lipinski definition) is 3. The van der Waals surface area contributed by atoms with Crippen molar-refractivity contribution in [2.24, 2.45) is 0 Å². The van der Waals surface area contributed by atoms with Crippen LogP contribution >= 0.6 is 0 Å². The van der Waals surface area contributed by atoms with E-state index in [-0.39, 0.29) is 40.8 Å². The molecule has 2 aromatic rings. The highest BCUT2D eigenvalue weighted by Gasteiger charge is 2.52. The number of carbonyl (C=O) groups is 4. The van der Waals surface area contributed by atoms with E-state index in [2.05, 4.69) is 48.2 Å². The molecule has 0 radical (unpaired) electrons. The predicted octanol–water partition coefficient (Wildman–Crippen LogP) is 7.50. The lowest BCUT2D eigenvalue weighted by atomic mass is 9.92. The molecule has 0 fully saturated rings. The van der Waals surface area contributed by atoms with E-state index in [0.717, 1.165) is 32.2 Å². The lowest BCUT2D eigenvalue weighted by molar-refractivity contribution is -0.173. The van der Waals surface area contributed by atoms with Gasteiger partial charge < -0.3 is 29.2 Å². The summed E-state index contributed by atoms with van der Waals surface area (Å²) in [5.41, 5.74) is -4.13. The Labute approximate surface area is 296 Å². The number of carbonyl (C=O) groups excluding carboxylic acids is 3. The molecule has 282 valence electrons. The zero-order valence-electron chi connectivity index (χ0n) is 30.3. The van der Waals surface area contributed by atoms with Gasteiger partial charge in [-0.05, 0) is 64.8 Å². The Bertz CT molecular complexity index is 1600. The third-order valence-corrected chi connectivity index (χ3v) is 9.03. The summed E-state index contributed by atoms with van der Waals surface area (Å²) in [7, 11) is -0.426. The van der Waals surface area contributed by atoms with E-state index in [1.165, 1.54) is 24.4 Å². The van der Waals surface area contributed by atoms with Crippen molar-refractivity contribution < 1.29 is 51.7 Å². The van der Waals surface area contributed by atoms with Crippen molar-refractivity contribution in [3.63, 3.8) is 0 Å². The van der Waals surface area contributed by atoms with Gasteiger partial charge in [0.2, 0.25) is 0 Å². The fourth-order valence-corrected chi connectivity index (χ4v) is 5.55. The number of aliphatic carboxylic acids is 1. The second kappa shape index (κ2) is 17.0. The molecule has 17 heteroatoms. The average molecular weight is 740 g/mol. The maximum Gasteiger partial charge on any atom is 0.471 e. The molecular formula is C34H48F3N5O8Si. The van der Waals surface area contributed by atoms with Gasteiger partial charge in [-0.1, -0.05) is 31.8 Å². The third kappa shape index (κ3) is 12.0. The van der Waals surface area contributed by atoms with Crippen molar-refractivity contribution >= 4 is 43.5 Å². The molecule has 1 heterocycles. The second-order valence-corrected chi connectivity index (χ2v) is 19.7. The molecule has 0 saturated heterocycles. The molecule has 0 aliphatic rings. The zero-order valence-corrected chi connectivity index (χ0v) is 31.3. The summed E-state index contributed by atoms with van der Waals surface area (Å²) < 4.78 is 60.4. The molecule has 3 amide bonds. The van der Waals surface area contributed by atoms with Crippen molar-refractivity contribution in [2.45, 2.75) is 96.3 Å². The Morgan fingerprint density at radius 3 is 2.24 bits per heavy atom. The number of benzene rings is 1. The van der Waals surface area contributed by atoms with E-state index in [1.54, 1.807) is 25.3 Å². The number of nitrogens with one attached hydrogen (secondary N) is 2. The number of rotatable bonds is 16. The number of carboxylic acid groups (broad SMARTS) is 1. The van der Waals surface area contributed by atoms with Crippen molar-refractivity contribution in [3.8, 4) is 11.3 Å². The van der Waals surface area contributed by atoms with Gasteiger partial charge in [-0.3, -0.25) is 15.0 Å². The largest absolute Gasteiger partial charge is 0.479 e. The Balaban J connectivity index is 2.96. The minimum atomic E-state index is -5.53. The number of nitrogens with zero attached hydrogens (tertiary/aromatic N) is 3. The minimum Gasteiger partial charge on any atom is -0.479 e. The Hall–Kier alpha value is -4.64.